The molecule has 3 N–H and O–H groups in total. The van der Waals surface area contributed by atoms with Gasteiger partial charge in [-0.1, -0.05) is 33.8 Å². The highest BCUT2D eigenvalue weighted by Gasteiger charge is 2.22. The molecule has 3 aromatic rings. The molecule has 0 saturated carbocycles. The van der Waals surface area contributed by atoms with Crippen LogP contribution in [0.2, 0.25) is 0 Å². The number of hydrogen-bond donors (Lipinski definition) is 3. The Labute approximate surface area is 157 Å². The van der Waals surface area contributed by atoms with Crippen molar-refractivity contribution in [2.75, 3.05) is 0 Å². The van der Waals surface area contributed by atoms with Gasteiger partial charge < -0.3 is 15.3 Å². The molecule has 1 atom stereocenters. The molecule has 3 rings (SSSR count). The van der Waals surface area contributed by atoms with Crippen LogP contribution in [0.25, 0.3) is 11.0 Å². The zero-order chi connectivity index (χ0) is 19.8. The molecule has 2 heterocycles. The molecule has 0 aliphatic carbocycles. The fourth-order valence-electron chi connectivity index (χ4n) is 2.88. The summed E-state index contributed by atoms with van der Waals surface area (Å²) >= 11 is 0. The Kier molecular flexibility index (Phi) is 4.87. The third kappa shape index (κ3) is 4.07. The maximum Gasteiger partial charge on any atom is 0.345 e. The molecule has 1 amide bonds. The highest BCUT2D eigenvalue weighted by atomic mass is 16.2. The van der Waals surface area contributed by atoms with Crippen LogP contribution in [0.5, 0.6) is 0 Å². The van der Waals surface area contributed by atoms with Crippen molar-refractivity contribution in [2.45, 2.75) is 52.5 Å². The lowest BCUT2D eigenvalue weighted by Crippen LogP contribution is -2.32. The zero-order valence-corrected chi connectivity index (χ0v) is 16.3. The first-order valence-electron chi connectivity index (χ1n) is 9.06. The third-order valence-electron chi connectivity index (χ3n) is 4.48. The summed E-state index contributed by atoms with van der Waals surface area (Å²) in [5, 5.41) is 2.93. The van der Waals surface area contributed by atoms with Crippen molar-refractivity contribution in [1.29, 1.82) is 0 Å². The Balaban J connectivity index is 1.88. The number of H-pyrrole nitrogens is 2. The van der Waals surface area contributed by atoms with Gasteiger partial charge in [-0.2, -0.15) is 4.98 Å². The first-order chi connectivity index (χ1) is 12.7. The smallest absolute Gasteiger partial charge is 0.341 e. The summed E-state index contributed by atoms with van der Waals surface area (Å²) < 4.78 is 0. The summed E-state index contributed by atoms with van der Waals surface area (Å²) in [5.41, 5.74) is 2.87. The van der Waals surface area contributed by atoms with E-state index in [9.17, 15) is 9.59 Å². The van der Waals surface area contributed by atoms with E-state index in [4.69, 9.17) is 0 Å². The van der Waals surface area contributed by atoms with Crippen molar-refractivity contribution in [2.24, 2.45) is 0 Å². The Morgan fingerprint density at radius 1 is 1.19 bits per heavy atom. The van der Waals surface area contributed by atoms with E-state index in [0.29, 0.717) is 17.9 Å². The fraction of sp³-hybridized carbons (Fsp3) is 0.400. The minimum atomic E-state index is -0.528. The lowest BCUT2D eigenvalue weighted by molar-refractivity contribution is 0.0928. The number of rotatable bonds is 4. The second-order valence-corrected chi connectivity index (χ2v) is 7.81. The van der Waals surface area contributed by atoms with Gasteiger partial charge in [-0.05, 0) is 37.1 Å². The number of fused-ring (bicyclic) bond motifs is 1. The molecule has 1 aromatic carbocycles. The van der Waals surface area contributed by atoms with Gasteiger partial charge in [-0.3, -0.25) is 4.79 Å². The molecular formula is C20H25N5O2. The summed E-state index contributed by atoms with van der Waals surface area (Å²) in [4.78, 5) is 39.0. The SMILES string of the molecule is CC[C@@H](NC(=O)c1cc(C(C)(C)C)[nH]c(=O)n1)c1nc2ccc(C)cc2[nH]1. The fourth-order valence-corrected chi connectivity index (χ4v) is 2.88. The highest BCUT2D eigenvalue weighted by molar-refractivity contribution is 5.92. The monoisotopic (exact) mass is 367 g/mol. The van der Waals surface area contributed by atoms with E-state index in [-0.39, 0.29) is 17.2 Å². The standard InChI is InChI=1S/C20H25N5O2/c1-6-12(17-21-13-8-7-11(2)9-14(13)22-17)23-18(26)15-10-16(20(3,4)5)25-19(27)24-15/h7-10,12H,6H2,1-5H3,(H,21,22)(H,23,26)(H,24,25,27)/t12-/m1/s1. The van der Waals surface area contributed by atoms with E-state index >= 15 is 0 Å². The largest absolute Gasteiger partial charge is 0.345 e. The van der Waals surface area contributed by atoms with E-state index in [1.165, 1.54) is 0 Å². The number of nitrogens with one attached hydrogen (secondary N) is 3. The van der Waals surface area contributed by atoms with Crippen molar-refractivity contribution in [3.8, 4) is 0 Å². The van der Waals surface area contributed by atoms with Gasteiger partial charge in [0.25, 0.3) is 5.91 Å². The van der Waals surface area contributed by atoms with Crippen molar-refractivity contribution in [3.63, 3.8) is 0 Å². The maximum atomic E-state index is 12.7. The predicted molar refractivity (Wildman–Crippen MR) is 105 cm³/mol. The molecule has 7 heteroatoms. The molecule has 0 bridgehead atoms. The van der Waals surface area contributed by atoms with E-state index in [1.54, 1.807) is 6.07 Å². The molecular weight excluding hydrogens is 342 g/mol. The average Bonchev–Trinajstić information content (AvgIpc) is 3.00. The summed E-state index contributed by atoms with van der Waals surface area (Å²) in [6, 6.07) is 7.30. The van der Waals surface area contributed by atoms with Gasteiger partial charge in [0.15, 0.2) is 0 Å². The molecule has 142 valence electrons. The van der Waals surface area contributed by atoms with Crippen molar-refractivity contribution in [1.82, 2.24) is 25.3 Å². The van der Waals surface area contributed by atoms with Crippen LogP contribution in [0, 0.1) is 6.92 Å². The number of aromatic nitrogens is 4. The van der Waals surface area contributed by atoms with E-state index in [2.05, 4.69) is 25.3 Å². The number of carbonyl (C=O) groups is 1. The Morgan fingerprint density at radius 3 is 2.59 bits per heavy atom. The Hall–Kier alpha value is -2.96. The molecule has 2 aromatic heterocycles. The Morgan fingerprint density at radius 2 is 1.93 bits per heavy atom. The van der Waals surface area contributed by atoms with Gasteiger partial charge in [0, 0.05) is 11.1 Å². The molecule has 0 saturated heterocycles. The van der Waals surface area contributed by atoms with Crippen LogP contribution in [0.1, 0.15) is 67.7 Å². The number of nitrogens with zero attached hydrogens (tertiary/aromatic N) is 2. The number of amides is 1. The summed E-state index contributed by atoms with van der Waals surface area (Å²) in [6.45, 7) is 9.88. The number of aryl methyl sites for hydroxylation is 1. The molecule has 0 radical (unpaired) electrons. The molecule has 0 spiro atoms. The van der Waals surface area contributed by atoms with Gasteiger partial charge in [0.2, 0.25) is 0 Å². The molecule has 0 aliphatic rings. The summed E-state index contributed by atoms with van der Waals surface area (Å²) in [7, 11) is 0. The third-order valence-corrected chi connectivity index (χ3v) is 4.48. The number of imidazole rings is 1. The number of benzene rings is 1. The number of aromatic amines is 2. The lowest BCUT2D eigenvalue weighted by atomic mass is 9.91. The van der Waals surface area contributed by atoms with E-state index in [0.717, 1.165) is 16.6 Å². The first kappa shape index (κ1) is 18.8. The average molecular weight is 367 g/mol. The first-order valence-corrected chi connectivity index (χ1v) is 9.06. The normalized spacial score (nSPS) is 12.9. The van der Waals surface area contributed by atoms with Crippen LogP contribution in [0.3, 0.4) is 0 Å². The molecule has 0 fully saturated rings. The minimum Gasteiger partial charge on any atom is -0.341 e. The highest BCUT2D eigenvalue weighted by Crippen LogP contribution is 2.21. The summed E-state index contributed by atoms with van der Waals surface area (Å²) in [6.07, 6.45) is 0.653. The van der Waals surface area contributed by atoms with Gasteiger partial charge in [-0.15, -0.1) is 0 Å². The van der Waals surface area contributed by atoms with Crippen LogP contribution in [-0.2, 0) is 5.41 Å². The van der Waals surface area contributed by atoms with Crippen molar-refractivity contribution in [3.05, 3.63) is 57.5 Å². The summed E-state index contributed by atoms with van der Waals surface area (Å²) in [5.74, 6) is 0.294. The van der Waals surface area contributed by atoms with Gasteiger partial charge in [0.1, 0.15) is 11.5 Å². The van der Waals surface area contributed by atoms with Gasteiger partial charge in [0.05, 0.1) is 17.1 Å². The molecule has 27 heavy (non-hydrogen) atoms. The van der Waals surface area contributed by atoms with Crippen LogP contribution in [-0.4, -0.2) is 25.8 Å². The van der Waals surface area contributed by atoms with Gasteiger partial charge >= 0.3 is 5.69 Å². The predicted octanol–water partition coefficient (Wildman–Crippen LogP) is 3.13. The second-order valence-electron chi connectivity index (χ2n) is 7.81. The van der Waals surface area contributed by atoms with Crippen LogP contribution in [0.4, 0.5) is 0 Å². The van der Waals surface area contributed by atoms with Gasteiger partial charge in [-0.25, -0.2) is 9.78 Å². The lowest BCUT2D eigenvalue weighted by Gasteiger charge is -2.19. The van der Waals surface area contributed by atoms with Crippen LogP contribution in [0.15, 0.2) is 29.1 Å². The maximum absolute atomic E-state index is 12.7. The second kappa shape index (κ2) is 6.98. The topological polar surface area (TPSA) is 104 Å². The number of carbonyl (C=O) groups excluding carboxylic acids is 1. The van der Waals surface area contributed by atoms with Crippen LogP contribution < -0.4 is 11.0 Å². The number of hydrogen-bond acceptors (Lipinski definition) is 4. The van der Waals surface area contributed by atoms with Crippen molar-refractivity contribution < 1.29 is 4.79 Å². The Bertz CT molecular complexity index is 1040. The van der Waals surface area contributed by atoms with E-state index in [1.807, 2.05) is 52.8 Å². The minimum absolute atomic E-state index is 0.106. The van der Waals surface area contributed by atoms with Crippen LogP contribution >= 0.6 is 0 Å². The van der Waals surface area contributed by atoms with E-state index < -0.39 is 11.6 Å². The quantitative estimate of drug-likeness (QED) is 0.659. The zero-order valence-electron chi connectivity index (χ0n) is 16.3. The molecule has 0 unspecified atom stereocenters. The van der Waals surface area contributed by atoms with Crippen molar-refractivity contribution >= 4 is 16.9 Å². The molecule has 7 nitrogen and oxygen atoms in total. The molecule has 0 aliphatic heterocycles.